The molecule has 2 aliphatic heterocycles. The van der Waals surface area contributed by atoms with Crippen LogP contribution in [0.5, 0.6) is 0 Å². The van der Waals surface area contributed by atoms with E-state index in [2.05, 4.69) is 55.8 Å². The fraction of sp³-hybridized carbons (Fsp3) is 0.419. The smallest absolute Gasteiger partial charge is 0.258 e. The number of hydrogen-bond acceptors (Lipinski definition) is 8. The minimum absolute atomic E-state index is 0.0909. The minimum atomic E-state index is 0.0909. The molecule has 0 spiro atoms. The number of ether oxygens (including phenoxy) is 1. The first kappa shape index (κ1) is 31.2. The molecule has 2 aliphatic rings. The first-order valence-electron chi connectivity index (χ1n) is 14.5. The molecule has 0 radical (unpaired) electrons. The summed E-state index contributed by atoms with van der Waals surface area (Å²) in [5.74, 6) is 2.36. The van der Waals surface area contributed by atoms with Gasteiger partial charge in [-0.1, -0.05) is 47.5 Å². The Balaban J connectivity index is 0.000000471. The highest BCUT2D eigenvalue weighted by Gasteiger charge is 2.33. The molecule has 1 atom stereocenters. The Labute approximate surface area is 261 Å². The summed E-state index contributed by atoms with van der Waals surface area (Å²) in [6.07, 6.45) is 4.25. The maximum absolute atomic E-state index is 7.00. The van der Waals surface area contributed by atoms with E-state index in [0.29, 0.717) is 5.78 Å². The number of aliphatic hydroxyl groups is 1. The fourth-order valence-corrected chi connectivity index (χ4v) is 6.03. The van der Waals surface area contributed by atoms with Gasteiger partial charge in [-0.15, -0.1) is 10.2 Å². The van der Waals surface area contributed by atoms with Crippen molar-refractivity contribution >= 4 is 46.0 Å². The third-order valence-corrected chi connectivity index (χ3v) is 8.46. The van der Waals surface area contributed by atoms with Gasteiger partial charge in [-0.05, 0) is 62.1 Å². The number of piperazine rings is 1. The number of nitrogens with zero attached hydrogens (tertiary/aromatic N) is 8. The van der Waals surface area contributed by atoms with Crippen LogP contribution in [0.4, 0.5) is 5.82 Å². The van der Waals surface area contributed by atoms with Crippen LogP contribution in [-0.2, 0) is 11.8 Å². The Bertz CT molecular complexity index is 1580. The molecular formula is C31H38Cl2N8O2. The molecule has 0 bridgehead atoms. The number of halogens is 2. The Morgan fingerprint density at radius 2 is 1.51 bits per heavy atom. The highest BCUT2D eigenvalue weighted by molar-refractivity contribution is 6.30. The molecule has 2 fully saturated rings. The highest BCUT2D eigenvalue weighted by Crippen LogP contribution is 2.34. The molecule has 10 nitrogen and oxygen atoms in total. The summed E-state index contributed by atoms with van der Waals surface area (Å²) in [6, 6.07) is 16.6. The van der Waals surface area contributed by atoms with Gasteiger partial charge < -0.3 is 19.3 Å². The lowest BCUT2D eigenvalue weighted by Gasteiger charge is -2.44. The topological polar surface area (TPSA) is 96.8 Å². The monoisotopic (exact) mass is 624 g/mol. The summed E-state index contributed by atoms with van der Waals surface area (Å²) >= 11 is 12.4. The number of anilines is 1. The van der Waals surface area contributed by atoms with Crippen LogP contribution >= 0.6 is 23.2 Å². The number of fused-ring (bicyclic) bond motifs is 3. The molecule has 5 aromatic rings. The fourth-order valence-electron chi connectivity index (χ4n) is 5.78. The van der Waals surface area contributed by atoms with Gasteiger partial charge >= 0.3 is 0 Å². The maximum Gasteiger partial charge on any atom is 0.258 e. The molecule has 1 unspecified atom stereocenters. The highest BCUT2D eigenvalue weighted by atomic mass is 35.5. The molecule has 2 aromatic carbocycles. The maximum atomic E-state index is 7.00. The van der Waals surface area contributed by atoms with E-state index in [1.807, 2.05) is 42.6 Å². The van der Waals surface area contributed by atoms with Crippen molar-refractivity contribution in [3.8, 4) is 0 Å². The van der Waals surface area contributed by atoms with Gasteiger partial charge in [0.05, 0.1) is 6.04 Å². The van der Waals surface area contributed by atoms with Gasteiger partial charge in [0.2, 0.25) is 0 Å². The Hall–Kier alpha value is -3.28. The predicted molar refractivity (Wildman–Crippen MR) is 171 cm³/mol. The SMILES string of the molecule is C1CCOC1.CO.Cc1nc2c(N3CCN(C(c4ccc(Cl)cc4)c4ccc(Cl)cc4)CC3C)nc3nncn3c2n1C. The minimum Gasteiger partial charge on any atom is -0.400 e. The largest absolute Gasteiger partial charge is 0.400 e. The third kappa shape index (κ3) is 6.63. The van der Waals surface area contributed by atoms with E-state index in [1.165, 1.54) is 24.0 Å². The molecule has 7 rings (SSSR count). The summed E-state index contributed by atoms with van der Waals surface area (Å²) in [5, 5.41) is 16.8. The van der Waals surface area contributed by atoms with Crippen molar-refractivity contribution in [3.63, 3.8) is 0 Å². The second-order valence-electron chi connectivity index (χ2n) is 10.7. The number of benzene rings is 2. The zero-order valence-electron chi connectivity index (χ0n) is 25.0. The molecule has 0 amide bonds. The normalized spacial score (nSPS) is 17.2. The molecule has 1 N–H and O–H groups in total. The molecule has 3 aromatic heterocycles. The lowest BCUT2D eigenvalue weighted by atomic mass is 9.95. The van der Waals surface area contributed by atoms with Gasteiger partial charge in [-0.2, -0.15) is 4.98 Å². The van der Waals surface area contributed by atoms with Crippen molar-refractivity contribution < 1.29 is 9.84 Å². The van der Waals surface area contributed by atoms with Gasteiger partial charge in [-0.3, -0.25) is 4.90 Å². The van der Waals surface area contributed by atoms with Gasteiger partial charge in [0.1, 0.15) is 17.7 Å². The van der Waals surface area contributed by atoms with Gasteiger partial charge in [0, 0.05) is 63.1 Å². The van der Waals surface area contributed by atoms with Gasteiger partial charge in [-0.25, -0.2) is 9.38 Å². The molecule has 12 heteroatoms. The van der Waals surface area contributed by atoms with E-state index in [0.717, 1.165) is 72.8 Å². The molecule has 0 saturated carbocycles. The molecule has 5 heterocycles. The second-order valence-corrected chi connectivity index (χ2v) is 11.6. The Morgan fingerprint density at radius 1 is 0.907 bits per heavy atom. The number of imidazole rings is 1. The molecule has 43 heavy (non-hydrogen) atoms. The van der Waals surface area contributed by atoms with Crippen LogP contribution in [0.3, 0.4) is 0 Å². The Morgan fingerprint density at radius 3 is 2.05 bits per heavy atom. The van der Waals surface area contributed by atoms with Crippen LogP contribution in [0, 0.1) is 6.92 Å². The van der Waals surface area contributed by atoms with Crippen molar-refractivity contribution in [2.45, 2.75) is 38.8 Å². The van der Waals surface area contributed by atoms with E-state index in [4.69, 9.17) is 43.0 Å². The number of hydrogen-bond donors (Lipinski definition) is 1. The first-order chi connectivity index (χ1) is 20.9. The summed E-state index contributed by atoms with van der Waals surface area (Å²) in [7, 11) is 3.01. The average Bonchev–Trinajstić information content (AvgIpc) is 3.80. The lowest BCUT2D eigenvalue weighted by molar-refractivity contribution is 0.187. The second kappa shape index (κ2) is 14.0. The van der Waals surface area contributed by atoms with E-state index >= 15 is 0 Å². The number of aliphatic hydroxyl groups excluding tert-OH is 1. The van der Waals surface area contributed by atoms with Gasteiger partial charge in [0.15, 0.2) is 11.5 Å². The average molecular weight is 626 g/mol. The number of aromatic nitrogens is 6. The summed E-state index contributed by atoms with van der Waals surface area (Å²) in [5.41, 5.74) is 4.23. The Kier molecular flexibility index (Phi) is 10.1. The predicted octanol–water partition coefficient (Wildman–Crippen LogP) is 5.33. The summed E-state index contributed by atoms with van der Waals surface area (Å²) in [4.78, 5) is 14.6. The van der Waals surface area contributed by atoms with Crippen molar-refractivity contribution in [2.24, 2.45) is 7.05 Å². The van der Waals surface area contributed by atoms with Crippen LogP contribution in [0.1, 0.15) is 42.8 Å². The molecular weight excluding hydrogens is 587 g/mol. The van der Waals surface area contributed by atoms with Crippen LogP contribution in [0.15, 0.2) is 54.9 Å². The number of rotatable bonds is 4. The third-order valence-electron chi connectivity index (χ3n) is 7.96. The van der Waals surface area contributed by atoms with Crippen molar-refractivity contribution in [2.75, 3.05) is 44.9 Å². The standard InChI is InChI=1S/C26H26Cl2N8.C4H8O.CH4O/c1-16-14-34(23(18-4-8-20(27)9-5-18)19-6-10-21(28)11-7-19)12-13-35(16)24-22-25(33(3)17(2)30-22)36-15-29-32-26(36)31-24;1-2-4-5-3-1;1-2/h4-11,15-16,23H,12-14H2,1-3H3;1-4H2;2H,1H3. The lowest BCUT2D eigenvalue weighted by Crippen LogP contribution is -2.53. The van der Waals surface area contributed by atoms with E-state index < -0.39 is 0 Å². The van der Waals surface area contributed by atoms with Crippen molar-refractivity contribution in [1.29, 1.82) is 0 Å². The summed E-state index contributed by atoms with van der Waals surface area (Å²) in [6.45, 7) is 8.76. The van der Waals surface area contributed by atoms with Crippen LogP contribution in [-0.4, -0.2) is 85.1 Å². The van der Waals surface area contributed by atoms with Crippen molar-refractivity contribution in [1.82, 2.24) is 34.0 Å². The van der Waals surface area contributed by atoms with E-state index in [9.17, 15) is 0 Å². The number of aryl methyl sites for hydroxylation is 2. The zero-order chi connectivity index (χ0) is 30.5. The van der Waals surface area contributed by atoms with Crippen LogP contribution in [0.2, 0.25) is 10.0 Å². The molecule has 2 saturated heterocycles. The van der Waals surface area contributed by atoms with Gasteiger partial charge in [0.25, 0.3) is 5.78 Å². The first-order valence-corrected chi connectivity index (χ1v) is 15.2. The molecule has 0 aliphatic carbocycles. The summed E-state index contributed by atoms with van der Waals surface area (Å²) < 4.78 is 8.91. The molecule has 228 valence electrons. The van der Waals surface area contributed by atoms with E-state index in [-0.39, 0.29) is 12.1 Å². The zero-order valence-corrected chi connectivity index (χ0v) is 26.5. The quantitative estimate of drug-likeness (QED) is 0.286. The van der Waals surface area contributed by atoms with Crippen molar-refractivity contribution in [3.05, 3.63) is 81.9 Å². The van der Waals surface area contributed by atoms with Crippen LogP contribution < -0.4 is 4.90 Å². The van der Waals surface area contributed by atoms with Crippen LogP contribution in [0.25, 0.3) is 16.9 Å². The van der Waals surface area contributed by atoms with E-state index in [1.54, 1.807) is 6.33 Å².